The van der Waals surface area contributed by atoms with Gasteiger partial charge >= 0.3 is 5.97 Å². The molecule has 2 aliphatic rings. The summed E-state index contributed by atoms with van der Waals surface area (Å²) >= 11 is 0. The molecule has 1 aliphatic carbocycles. The highest BCUT2D eigenvalue weighted by molar-refractivity contribution is 5.85. The third kappa shape index (κ3) is 3.14. The molecule has 20 heavy (non-hydrogen) atoms. The summed E-state index contributed by atoms with van der Waals surface area (Å²) in [5.74, 6) is -1.27. The molecule has 1 saturated carbocycles. The Hall–Kier alpha value is -1.10. The number of carbonyl (C=O) groups is 2. The molecule has 0 aromatic carbocycles. The molecular weight excluding hydrogens is 258 g/mol. The van der Waals surface area contributed by atoms with Crippen LogP contribution < -0.4 is 0 Å². The molecule has 2 fully saturated rings. The summed E-state index contributed by atoms with van der Waals surface area (Å²) in [6.07, 6.45) is 3.30. The molecule has 4 atom stereocenters. The molecule has 1 amide bonds. The van der Waals surface area contributed by atoms with Gasteiger partial charge in [-0.25, -0.2) is 0 Å². The van der Waals surface area contributed by atoms with E-state index < -0.39 is 11.9 Å². The molecule has 114 valence electrons. The number of carbonyl (C=O) groups excluding carboxylic acids is 1. The number of aliphatic carboxylic acids is 1. The van der Waals surface area contributed by atoms with E-state index in [1.165, 1.54) is 0 Å². The second kappa shape index (κ2) is 6.57. The zero-order chi connectivity index (χ0) is 14.7. The van der Waals surface area contributed by atoms with Crippen molar-refractivity contribution in [3.05, 3.63) is 0 Å². The fourth-order valence-corrected chi connectivity index (χ4v) is 3.42. The van der Waals surface area contributed by atoms with Crippen LogP contribution in [0.5, 0.6) is 0 Å². The number of ether oxygens (including phenoxy) is 1. The van der Waals surface area contributed by atoms with E-state index >= 15 is 0 Å². The highest BCUT2D eigenvalue weighted by Gasteiger charge is 2.44. The molecule has 5 nitrogen and oxygen atoms in total. The minimum absolute atomic E-state index is 0.0232. The van der Waals surface area contributed by atoms with Crippen LogP contribution in [0.1, 0.15) is 39.5 Å². The number of carboxylic acid groups (broad SMARTS) is 1. The van der Waals surface area contributed by atoms with Crippen LogP contribution in [0, 0.1) is 17.8 Å². The van der Waals surface area contributed by atoms with Crippen molar-refractivity contribution in [1.29, 1.82) is 0 Å². The third-order valence-electron chi connectivity index (χ3n) is 4.78. The van der Waals surface area contributed by atoms with Gasteiger partial charge in [-0.15, -0.1) is 0 Å². The molecule has 0 aromatic rings. The van der Waals surface area contributed by atoms with Crippen LogP contribution in [0.2, 0.25) is 0 Å². The van der Waals surface area contributed by atoms with Crippen molar-refractivity contribution >= 4 is 11.9 Å². The minimum Gasteiger partial charge on any atom is -0.481 e. The summed E-state index contributed by atoms with van der Waals surface area (Å²) < 4.78 is 5.58. The van der Waals surface area contributed by atoms with Crippen LogP contribution >= 0.6 is 0 Å². The second-order valence-electron chi connectivity index (χ2n) is 5.98. The van der Waals surface area contributed by atoms with E-state index in [1.807, 2.05) is 11.8 Å². The van der Waals surface area contributed by atoms with Gasteiger partial charge in [0.15, 0.2) is 0 Å². The number of morpholine rings is 1. The number of nitrogens with zero attached hydrogens (tertiary/aromatic N) is 1. The Balaban J connectivity index is 2.04. The van der Waals surface area contributed by atoms with Crippen LogP contribution in [0.3, 0.4) is 0 Å². The first-order chi connectivity index (χ1) is 9.56. The summed E-state index contributed by atoms with van der Waals surface area (Å²) in [7, 11) is 0. The molecule has 4 unspecified atom stereocenters. The van der Waals surface area contributed by atoms with E-state index in [0.29, 0.717) is 32.0 Å². The van der Waals surface area contributed by atoms with Gasteiger partial charge in [-0.1, -0.05) is 20.3 Å². The summed E-state index contributed by atoms with van der Waals surface area (Å²) in [5, 5.41) is 9.35. The average Bonchev–Trinajstić information content (AvgIpc) is 2.91. The predicted molar refractivity (Wildman–Crippen MR) is 74.2 cm³/mol. The summed E-state index contributed by atoms with van der Waals surface area (Å²) in [5.41, 5.74) is 0. The lowest BCUT2D eigenvalue weighted by Gasteiger charge is -2.34. The van der Waals surface area contributed by atoms with Crippen LogP contribution in [0.25, 0.3) is 0 Å². The lowest BCUT2D eigenvalue weighted by molar-refractivity contribution is -0.152. The first kappa shape index (κ1) is 15.3. The fourth-order valence-electron chi connectivity index (χ4n) is 3.42. The van der Waals surface area contributed by atoms with Crippen LogP contribution in [-0.4, -0.2) is 47.7 Å². The molecule has 0 bridgehead atoms. The van der Waals surface area contributed by atoms with Gasteiger partial charge in [0.25, 0.3) is 0 Å². The van der Waals surface area contributed by atoms with Crippen molar-refractivity contribution in [3.8, 4) is 0 Å². The first-order valence-electron chi connectivity index (χ1n) is 7.69. The van der Waals surface area contributed by atoms with E-state index in [2.05, 4.69) is 6.92 Å². The van der Waals surface area contributed by atoms with Crippen molar-refractivity contribution in [3.63, 3.8) is 0 Å². The van der Waals surface area contributed by atoms with E-state index in [1.54, 1.807) is 0 Å². The highest BCUT2D eigenvalue weighted by atomic mass is 16.5. The van der Waals surface area contributed by atoms with E-state index in [-0.39, 0.29) is 17.9 Å². The first-order valence-corrected chi connectivity index (χ1v) is 7.69. The smallest absolute Gasteiger partial charge is 0.307 e. The molecule has 2 rings (SSSR count). The Bertz CT molecular complexity index is 371. The van der Waals surface area contributed by atoms with Gasteiger partial charge in [-0.3, -0.25) is 9.59 Å². The van der Waals surface area contributed by atoms with Crippen molar-refractivity contribution < 1.29 is 19.4 Å². The number of amides is 1. The Morgan fingerprint density at radius 2 is 1.90 bits per heavy atom. The van der Waals surface area contributed by atoms with Gasteiger partial charge in [0.05, 0.1) is 24.5 Å². The van der Waals surface area contributed by atoms with E-state index in [4.69, 9.17) is 4.74 Å². The maximum Gasteiger partial charge on any atom is 0.307 e. The van der Waals surface area contributed by atoms with Gasteiger partial charge in [-0.05, 0) is 25.2 Å². The third-order valence-corrected chi connectivity index (χ3v) is 4.78. The summed E-state index contributed by atoms with van der Waals surface area (Å²) in [6, 6.07) is 0. The van der Waals surface area contributed by atoms with Gasteiger partial charge in [-0.2, -0.15) is 0 Å². The van der Waals surface area contributed by atoms with E-state index in [9.17, 15) is 14.7 Å². The number of hydrogen-bond donors (Lipinski definition) is 1. The highest BCUT2D eigenvalue weighted by Crippen LogP contribution is 2.39. The van der Waals surface area contributed by atoms with Crippen LogP contribution in [-0.2, 0) is 14.3 Å². The molecule has 1 aliphatic heterocycles. The van der Waals surface area contributed by atoms with Crippen molar-refractivity contribution in [1.82, 2.24) is 4.90 Å². The maximum absolute atomic E-state index is 12.6. The molecule has 0 radical (unpaired) electrons. The van der Waals surface area contributed by atoms with Gasteiger partial charge in [0.1, 0.15) is 0 Å². The van der Waals surface area contributed by atoms with Crippen molar-refractivity contribution in [2.24, 2.45) is 17.8 Å². The molecule has 1 saturated heterocycles. The largest absolute Gasteiger partial charge is 0.481 e. The molecule has 0 spiro atoms. The molecular formula is C15H25NO4. The van der Waals surface area contributed by atoms with Crippen LogP contribution in [0.15, 0.2) is 0 Å². The normalized spacial score (nSPS) is 34.2. The standard InChI is InChI=1S/C15H25NO4/c1-3-10-7-12(13(8-10)15(18)19)14(17)16-5-6-20-11(4-2)9-16/h10-13H,3-9H2,1-2H3,(H,18,19). The zero-order valence-corrected chi connectivity index (χ0v) is 12.4. The predicted octanol–water partition coefficient (Wildman–Crippen LogP) is 1.76. The Labute approximate surface area is 120 Å². The second-order valence-corrected chi connectivity index (χ2v) is 5.98. The van der Waals surface area contributed by atoms with Gasteiger partial charge in [0, 0.05) is 13.1 Å². The average molecular weight is 283 g/mol. The van der Waals surface area contributed by atoms with Crippen molar-refractivity contribution in [2.75, 3.05) is 19.7 Å². The van der Waals surface area contributed by atoms with Gasteiger partial charge < -0.3 is 14.7 Å². The maximum atomic E-state index is 12.6. The van der Waals surface area contributed by atoms with Crippen LogP contribution in [0.4, 0.5) is 0 Å². The molecule has 5 heteroatoms. The molecule has 0 aromatic heterocycles. The monoisotopic (exact) mass is 283 g/mol. The Morgan fingerprint density at radius 1 is 1.20 bits per heavy atom. The number of rotatable bonds is 4. The minimum atomic E-state index is -0.820. The molecule has 1 heterocycles. The molecule has 1 N–H and O–H groups in total. The summed E-state index contributed by atoms with van der Waals surface area (Å²) in [4.78, 5) is 25.8. The van der Waals surface area contributed by atoms with Gasteiger partial charge in [0.2, 0.25) is 5.91 Å². The fraction of sp³-hybridized carbons (Fsp3) is 0.867. The quantitative estimate of drug-likeness (QED) is 0.853. The zero-order valence-electron chi connectivity index (χ0n) is 12.4. The SMILES string of the molecule is CCC1CC(C(=O)O)C(C(=O)N2CCOC(CC)C2)C1. The Kier molecular flexibility index (Phi) is 5.02. The lowest BCUT2D eigenvalue weighted by atomic mass is 9.94. The van der Waals surface area contributed by atoms with Crippen molar-refractivity contribution in [2.45, 2.75) is 45.6 Å². The summed E-state index contributed by atoms with van der Waals surface area (Å²) in [6.45, 7) is 5.87. The van der Waals surface area contributed by atoms with E-state index in [0.717, 1.165) is 19.3 Å². The topological polar surface area (TPSA) is 66.8 Å². The number of hydrogen-bond acceptors (Lipinski definition) is 3. The Morgan fingerprint density at radius 3 is 2.50 bits per heavy atom. The number of carboxylic acids is 1. The lowest BCUT2D eigenvalue weighted by Crippen LogP contribution is -2.48.